The van der Waals surface area contributed by atoms with Gasteiger partial charge in [-0.25, -0.2) is 0 Å². The minimum Gasteiger partial charge on any atom is -0.338 e. The van der Waals surface area contributed by atoms with Crippen molar-refractivity contribution in [3.8, 4) is 0 Å². The van der Waals surface area contributed by atoms with Crippen molar-refractivity contribution >= 4 is 33.2 Å². The first-order chi connectivity index (χ1) is 9.60. The lowest BCUT2D eigenvalue weighted by Crippen LogP contribution is -2.43. The van der Waals surface area contributed by atoms with Crippen LogP contribution >= 0.6 is 27.3 Å². The predicted molar refractivity (Wildman–Crippen MR) is 87.4 cm³/mol. The number of rotatable bonds is 1. The Bertz CT molecular complexity index is 475. The average Bonchev–Trinajstić information content (AvgIpc) is 2.80. The van der Waals surface area contributed by atoms with E-state index in [1.807, 2.05) is 13.0 Å². The fourth-order valence-corrected chi connectivity index (χ4v) is 5.21. The number of thiophene rings is 1. The van der Waals surface area contributed by atoms with E-state index in [0.717, 1.165) is 21.8 Å². The van der Waals surface area contributed by atoms with Gasteiger partial charge < -0.3 is 4.90 Å². The van der Waals surface area contributed by atoms with Gasteiger partial charge in [-0.05, 0) is 65.6 Å². The Morgan fingerprint density at radius 1 is 1.20 bits per heavy atom. The van der Waals surface area contributed by atoms with Gasteiger partial charge in [-0.3, -0.25) is 4.79 Å². The molecule has 110 valence electrons. The first-order valence-corrected chi connectivity index (χ1v) is 9.26. The van der Waals surface area contributed by atoms with Crippen molar-refractivity contribution in [2.24, 2.45) is 5.41 Å². The van der Waals surface area contributed by atoms with E-state index in [1.165, 1.54) is 50.5 Å². The Hall–Kier alpha value is -0.350. The molecular formula is C16H22BrNOS. The average molecular weight is 356 g/mol. The minimum atomic E-state index is 0.231. The van der Waals surface area contributed by atoms with E-state index in [4.69, 9.17) is 0 Å². The number of carbonyl (C=O) groups is 1. The molecule has 0 unspecified atom stereocenters. The van der Waals surface area contributed by atoms with Gasteiger partial charge in [0, 0.05) is 13.1 Å². The molecule has 20 heavy (non-hydrogen) atoms. The Balaban J connectivity index is 1.64. The van der Waals surface area contributed by atoms with E-state index in [2.05, 4.69) is 20.8 Å². The SMILES string of the molecule is Cc1cc(C(=O)N2CCC3(CCCCC3)CC2)sc1Br. The zero-order valence-electron chi connectivity index (χ0n) is 12.1. The van der Waals surface area contributed by atoms with Gasteiger partial charge in [0.05, 0.1) is 8.66 Å². The van der Waals surface area contributed by atoms with E-state index < -0.39 is 0 Å². The highest BCUT2D eigenvalue weighted by Gasteiger charge is 2.36. The summed E-state index contributed by atoms with van der Waals surface area (Å²) in [4.78, 5) is 15.5. The second-order valence-electron chi connectivity index (χ2n) is 6.42. The molecule has 0 bridgehead atoms. The summed E-state index contributed by atoms with van der Waals surface area (Å²) in [6.07, 6.45) is 9.40. The third-order valence-electron chi connectivity index (χ3n) is 5.09. The molecule has 1 aromatic rings. The number of carbonyl (C=O) groups excluding carboxylic acids is 1. The van der Waals surface area contributed by atoms with Crippen molar-refractivity contribution in [1.29, 1.82) is 0 Å². The molecule has 3 rings (SSSR count). The quantitative estimate of drug-likeness (QED) is 0.693. The van der Waals surface area contributed by atoms with Gasteiger partial charge in [0.15, 0.2) is 0 Å². The number of halogens is 1. The summed E-state index contributed by atoms with van der Waals surface area (Å²) in [6, 6.07) is 2.02. The Kier molecular flexibility index (Phi) is 4.23. The first kappa shape index (κ1) is 14.6. The molecule has 0 N–H and O–H groups in total. The second-order valence-corrected chi connectivity index (χ2v) is 8.79. The molecule has 1 aliphatic carbocycles. The van der Waals surface area contributed by atoms with Gasteiger partial charge in [-0.1, -0.05) is 19.3 Å². The fraction of sp³-hybridized carbons (Fsp3) is 0.688. The van der Waals surface area contributed by atoms with Gasteiger partial charge in [0.1, 0.15) is 0 Å². The van der Waals surface area contributed by atoms with Crippen LogP contribution in [0.15, 0.2) is 9.85 Å². The lowest BCUT2D eigenvalue weighted by molar-refractivity contribution is 0.0476. The first-order valence-electron chi connectivity index (χ1n) is 7.65. The van der Waals surface area contributed by atoms with Crippen molar-refractivity contribution in [2.45, 2.75) is 51.9 Å². The molecule has 0 radical (unpaired) electrons. The van der Waals surface area contributed by atoms with Gasteiger partial charge >= 0.3 is 0 Å². The van der Waals surface area contributed by atoms with Crippen LogP contribution in [0.3, 0.4) is 0 Å². The van der Waals surface area contributed by atoms with E-state index in [0.29, 0.717) is 5.41 Å². The standard InChI is InChI=1S/C16H22BrNOS/c1-12-11-13(20-14(12)17)15(19)18-9-7-16(8-10-18)5-3-2-4-6-16/h11H,2-10H2,1H3. The fourth-order valence-electron chi connectivity index (χ4n) is 3.71. The number of likely N-dealkylation sites (tertiary alicyclic amines) is 1. The molecule has 4 heteroatoms. The van der Waals surface area contributed by atoms with Crippen LogP contribution in [-0.4, -0.2) is 23.9 Å². The molecule has 2 nitrogen and oxygen atoms in total. The van der Waals surface area contributed by atoms with E-state index in [-0.39, 0.29) is 5.91 Å². The van der Waals surface area contributed by atoms with E-state index in [1.54, 1.807) is 11.3 Å². The molecule has 1 aromatic heterocycles. The molecule has 2 heterocycles. The van der Waals surface area contributed by atoms with Crippen molar-refractivity contribution < 1.29 is 4.79 Å². The van der Waals surface area contributed by atoms with Crippen LogP contribution in [0.2, 0.25) is 0 Å². The van der Waals surface area contributed by atoms with Gasteiger partial charge in [0.25, 0.3) is 5.91 Å². The maximum absolute atomic E-state index is 12.6. The van der Waals surface area contributed by atoms with Crippen molar-refractivity contribution in [2.75, 3.05) is 13.1 Å². The normalized spacial score (nSPS) is 22.2. The highest BCUT2D eigenvalue weighted by Crippen LogP contribution is 2.44. The highest BCUT2D eigenvalue weighted by atomic mass is 79.9. The number of aryl methyl sites for hydroxylation is 1. The monoisotopic (exact) mass is 355 g/mol. The minimum absolute atomic E-state index is 0.231. The van der Waals surface area contributed by atoms with E-state index in [9.17, 15) is 4.79 Å². The molecule has 1 aliphatic heterocycles. The van der Waals surface area contributed by atoms with E-state index >= 15 is 0 Å². The van der Waals surface area contributed by atoms with Crippen molar-refractivity contribution in [1.82, 2.24) is 4.90 Å². The number of nitrogens with zero attached hydrogens (tertiary/aromatic N) is 1. The predicted octanol–water partition coefficient (Wildman–Crippen LogP) is 5.01. The van der Waals surface area contributed by atoms with Gasteiger partial charge in [-0.2, -0.15) is 0 Å². The van der Waals surface area contributed by atoms with Crippen LogP contribution in [0, 0.1) is 12.3 Å². The Morgan fingerprint density at radius 2 is 1.85 bits per heavy atom. The van der Waals surface area contributed by atoms with Crippen LogP contribution in [0.25, 0.3) is 0 Å². The maximum atomic E-state index is 12.6. The molecule has 1 saturated carbocycles. The zero-order valence-corrected chi connectivity index (χ0v) is 14.5. The molecule has 2 fully saturated rings. The Labute approximate surface area is 133 Å². The lowest BCUT2D eigenvalue weighted by atomic mass is 9.68. The molecule has 1 amide bonds. The zero-order chi connectivity index (χ0) is 14.2. The third kappa shape index (κ3) is 2.82. The molecule has 0 atom stereocenters. The van der Waals surface area contributed by atoms with Gasteiger partial charge in [-0.15, -0.1) is 11.3 Å². The van der Waals surface area contributed by atoms with Crippen LogP contribution in [0.1, 0.15) is 60.2 Å². The lowest BCUT2D eigenvalue weighted by Gasteiger charge is -2.44. The molecular weight excluding hydrogens is 334 g/mol. The summed E-state index contributed by atoms with van der Waals surface area (Å²) < 4.78 is 1.08. The molecule has 0 aromatic carbocycles. The summed E-state index contributed by atoms with van der Waals surface area (Å²) >= 11 is 5.08. The smallest absolute Gasteiger partial charge is 0.263 e. The number of piperidine rings is 1. The molecule has 2 aliphatic rings. The summed E-state index contributed by atoms with van der Waals surface area (Å²) in [5, 5.41) is 0. The number of hydrogen-bond acceptors (Lipinski definition) is 2. The number of hydrogen-bond donors (Lipinski definition) is 0. The van der Waals surface area contributed by atoms with Crippen LogP contribution < -0.4 is 0 Å². The van der Waals surface area contributed by atoms with Crippen LogP contribution in [-0.2, 0) is 0 Å². The number of amides is 1. The molecule has 1 saturated heterocycles. The second kappa shape index (κ2) is 5.80. The third-order valence-corrected chi connectivity index (χ3v) is 7.22. The molecule has 1 spiro atoms. The Morgan fingerprint density at radius 3 is 2.40 bits per heavy atom. The van der Waals surface area contributed by atoms with Gasteiger partial charge in [0.2, 0.25) is 0 Å². The summed E-state index contributed by atoms with van der Waals surface area (Å²) in [7, 11) is 0. The summed E-state index contributed by atoms with van der Waals surface area (Å²) in [5.74, 6) is 0.231. The van der Waals surface area contributed by atoms with Crippen LogP contribution in [0.4, 0.5) is 0 Å². The van der Waals surface area contributed by atoms with Crippen LogP contribution in [0.5, 0.6) is 0 Å². The maximum Gasteiger partial charge on any atom is 0.263 e. The topological polar surface area (TPSA) is 20.3 Å². The highest BCUT2D eigenvalue weighted by molar-refractivity contribution is 9.11. The van der Waals surface area contributed by atoms with Crippen molar-refractivity contribution in [3.05, 3.63) is 20.3 Å². The van der Waals surface area contributed by atoms with Crippen molar-refractivity contribution in [3.63, 3.8) is 0 Å². The summed E-state index contributed by atoms with van der Waals surface area (Å²) in [5.41, 5.74) is 1.74. The summed E-state index contributed by atoms with van der Waals surface area (Å²) in [6.45, 7) is 3.95. The largest absolute Gasteiger partial charge is 0.338 e.